The zero-order chi connectivity index (χ0) is 15.8. The molecule has 7 heteroatoms. The first kappa shape index (κ1) is 16.4. The van der Waals surface area contributed by atoms with Gasteiger partial charge in [-0.2, -0.15) is 4.31 Å². The van der Waals surface area contributed by atoms with Crippen LogP contribution in [-0.4, -0.2) is 38.0 Å². The molecular weight excluding hydrogens is 295 g/mol. The fraction of sp³-hybridized carbons (Fsp3) is 0.571. The van der Waals surface area contributed by atoms with Gasteiger partial charge in [-0.25, -0.2) is 12.8 Å². The second-order valence-corrected chi connectivity index (χ2v) is 7.68. The van der Waals surface area contributed by atoms with Gasteiger partial charge in [-0.1, -0.05) is 0 Å². The Hall–Kier alpha value is -1.02. The Morgan fingerprint density at radius 2 is 2.10 bits per heavy atom. The average Bonchev–Trinajstić information content (AvgIpc) is 2.40. The maximum Gasteiger partial charge on any atom is 0.244 e. The lowest BCUT2D eigenvalue weighted by atomic mass is 10.1. The Balaban J connectivity index is 2.56. The number of sulfonamides is 1. The number of morpholine rings is 1. The fourth-order valence-corrected chi connectivity index (χ4v) is 4.54. The predicted octanol–water partition coefficient (Wildman–Crippen LogP) is 1.39. The molecule has 5 nitrogen and oxygen atoms in total. The molecule has 0 aliphatic carbocycles. The lowest BCUT2D eigenvalue weighted by Crippen LogP contribution is -2.55. The van der Waals surface area contributed by atoms with Gasteiger partial charge in [-0.15, -0.1) is 0 Å². The van der Waals surface area contributed by atoms with Gasteiger partial charge in [-0.05, 0) is 38.5 Å². The Bertz CT molecular complexity index is 644. The van der Waals surface area contributed by atoms with Gasteiger partial charge in [0.05, 0.1) is 23.6 Å². The summed E-state index contributed by atoms with van der Waals surface area (Å²) in [5.74, 6) is -0.553. The zero-order valence-electron chi connectivity index (χ0n) is 12.5. The number of nitrogens with two attached hydrogens (primary N) is 1. The van der Waals surface area contributed by atoms with E-state index < -0.39 is 21.4 Å². The largest absolute Gasteiger partial charge is 0.378 e. The molecule has 0 bridgehead atoms. The minimum Gasteiger partial charge on any atom is -0.378 e. The third-order valence-electron chi connectivity index (χ3n) is 3.73. The van der Waals surface area contributed by atoms with Crippen molar-refractivity contribution in [1.29, 1.82) is 0 Å². The summed E-state index contributed by atoms with van der Waals surface area (Å²) in [4.78, 5) is -0.0158. The van der Waals surface area contributed by atoms with Crippen LogP contribution in [0.15, 0.2) is 17.0 Å². The van der Waals surface area contributed by atoms with Crippen molar-refractivity contribution in [2.24, 2.45) is 5.73 Å². The van der Waals surface area contributed by atoms with Crippen molar-refractivity contribution in [2.45, 2.75) is 37.8 Å². The van der Waals surface area contributed by atoms with Gasteiger partial charge in [0, 0.05) is 18.7 Å². The lowest BCUT2D eigenvalue weighted by molar-refractivity contribution is -0.00773. The van der Waals surface area contributed by atoms with E-state index in [1.54, 1.807) is 13.8 Å². The quantitative estimate of drug-likeness (QED) is 0.915. The van der Waals surface area contributed by atoms with E-state index >= 15 is 0 Å². The summed E-state index contributed by atoms with van der Waals surface area (Å²) < 4.78 is 46.5. The maximum atomic E-state index is 14.0. The van der Waals surface area contributed by atoms with Crippen LogP contribution in [0.1, 0.15) is 25.0 Å². The monoisotopic (exact) mass is 316 g/mol. The molecule has 21 heavy (non-hydrogen) atoms. The number of nitrogens with zero attached hydrogens (tertiary/aromatic N) is 1. The van der Waals surface area contributed by atoms with Crippen molar-refractivity contribution in [3.05, 3.63) is 29.1 Å². The lowest BCUT2D eigenvalue weighted by Gasteiger charge is -2.41. The van der Waals surface area contributed by atoms with Crippen LogP contribution in [0, 0.1) is 12.7 Å². The van der Waals surface area contributed by atoms with Crippen LogP contribution in [0.25, 0.3) is 0 Å². The highest BCUT2D eigenvalue weighted by atomic mass is 32.2. The maximum absolute atomic E-state index is 14.0. The van der Waals surface area contributed by atoms with Gasteiger partial charge in [0.15, 0.2) is 0 Å². The summed E-state index contributed by atoms with van der Waals surface area (Å²) in [5.41, 5.74) is 5.43. The summed E-state index contributed by atoms with van der Waals surface area (Å²) in [6, 6.07) is 2.73. The number of hydrogen-bond acceptors (Lipinski definition) is 4. The van der Waals surface area contributed by atoms with Crippen LogP contribution in [0.5, 0.6) is 0 Å². The number of benzene rings is 1. The molecule has 118 valence electrons. The summed E-state index contributed by atoms with van der Waals surface area (Å²) in [6.45, 7) is 6.04. The highest BCUT2D eigenvalue weighted by Crippen LogP contribution is 2.30. The molecule has 1 fully saturated rings. The minimum absolute atomic E-state index is 0.0158. The summed E-state index contributed by atoms with van der Waals surface area (Å²) in [7, 11) is -3.80. The van der Waals surface area contributed by atoms with Crippen molar-refractivity contribution >= 4 is 10.0 Å². The van der Waals surface area contributed by atoms with Gasteiger partial charge in [-0.3, -0.25) is 0 Å². The van der Waals surface area contributed by atoms with E-state index in [0.717, 1.165) is 0 Å². The standard InChI is InChI=1S/C14H21FN2O3S/c1-10-12(15)6-11(8-16)7-13(10)21(18,19)17-4-5-20-9-14(17,2)3/h6-7H,4-5,8-9,16H2,1-3H3. The Kier molecular flexibility index (Phi) is 4.39. The molecule has 1 saturated heterocycles. The van der Waals surface area contributed by atoms with Crippen molar-refractivity contribution in [3.63, 3.8) is 0 Å². The summed E-state index contributed by atoms with van der Waals surface area (Å²) in [6.07, 6.45) is 0. The predicted molar refractivity (Wildman–Crippen MR) is 77.8 cm³/mol. The van der Waals surface area contributed by atoms with Crippen molar-refractivity contribution < 1.29 is 17.5 Å². The van der Waals surface area contributed by atoms with Gasteiger partial charge < -0.3 is 10.5 Å². The number of rotatable bonds is 3. The third kappa shape index (κ3) is 2.96. The molecule has 0 spiro atoms. The Morgan fingerprint density at radius 1 is 1.43 bits per heavy atom. The molecule has 1 aromatic rings. The van der Waals surface area contributed by atoms with E-state index in [-0.39, 0.29) is 23.5 Å². The van der Waals surface area contributed by atoms with Gasteiger partial charge in [0.2, 0.25) is 10.0 Å². The van der Waals surface area contributed by atoms with Gasteiger partial charge in [0.1, 0.15) is 5.82 Å². The van der Waals surface area contributed by atoms with Gasteiger partial charge in [0.25, 0.3) is 0 Å². The molecule has 0 aromatic heterocycles. The number of hydrogen-bond donors (Lipinski definition) is 1. The number of ether oxygens (including phenoxy) is 1. The van der Waals surface area contributed by atoms with Crippen LogP contribution < -0.4 is 5.73 Å². The highest BCUT2D eigenvalue weighted by Gasteiger charge is 2.40. The third-order valence-corrected chi connectivity index (χ3v) is 5.97. The molecular formula is C14H21FN2O3S. The van der Waals surface area contributed by atoms with E-state index in [1.807, 2.05) is 0 Å². The second-order valence-electron chi connectivity index (χ2n) is 5.85. The molecule has 1 heterocycles. The summed E-state index contributed by atoms with van der Waals surface area (Å²) in [5, 5.41) is 0. The normalized spacial score (nSPS) is 19.7. The molecule has 0 atom stereocenters. The zero-order valence-corrected chi connectivity index (χ0v) is 13.3. The fourth-order valence-electron chi connectivity index (χ4n) is 2.50. The van der Waals surface area contributed by atoms with Crippen molar-refractivity contribution in [1.82, 2.24) is 4.31 Å². The van der Waals surface area contributed by atoms with E-state index in [2.05, 4.69) is 0 Å². The molecule has 1 aliphatic rings. The smallest absolute Gasteiger partial charge is 0.244 e. The highest BCUT2D eigenvalue weighted by molar-refractivity contribution is 7.89. The van der Waals surface area contributed by atoms with Crippen LogP contribution in [0.2, 0.25) is 0 Å². The van der Waals surface area contributed by atoms with Crippen LogP contribution in [-0.2, 0) is 21.3 Å². The molecule has 0 unspecified atom stereocenters. The topological polar surface area (TPSA) is 72.6 Å². The van der Waals surface area contributed by atoms with E-state index in [1.165, 1.54) is 23.4 Å². The van der Waals surface area contributed by atoms with Crippen LogP contribution in [0.4, 0.5) is 4.39 Å². The minimum atomic E-state index is -3.80. The first-order valence-corrected chi connectivity index (χ1v) is 8.24. The molecule has 0 amide bonds. The SMILES string of the molecule is Cc1c(F)cc(CN)cc1S(=O)(=O)N1CCOCC1(C)C. The average molecular weight is 316 g/mol. The van der Waals surface area contributed by atoms with Crippen LogP contribution >= 0.6 is 0 Å². The first-order chi connectivity index (χ1) is 9.70. The molecule has 1 aromatic carbocycles. The Morgan fingerprint density at radius 3 is 2.67 bits per heavy atom. The molecule has 0 saturated carbocycles. The van der Waals surface area contributed by atoms with E-state index in [4.69, 9.17) is 10.5 Å². The van der Waals surface area contributed by atoms with Gasteiger partial charge >= 0.3 is 0 Å². The molecule has 2 rings (SSSR count). The van der Waals surface area contributed by atoms with Crippen molar-refractivity contribution in [3.8, 4) is 0 Å². The second kappa shape index (κ2) is 5.64. The van der Waals surface area contributed by atoms with Crippen LogP contribution in [0.3, 0.4) is 0 Å². The van der Waals surface area contributed by atoms with Crippen molar-refractivity contribution in [2.75, 3.05) is 19.8 Å². The molecule has 2 N–H and O–H groups in total. The summed E-state index contributed by atoms with van der Waals surface area (Å²) >= 11 is 0. The first-order valence-electron chi connectivity index (χ1n) is 6.80. The Labute approximate surface area is 124 Å². The molecule has 1 aliphatic heterocycles. The molecule has 0 radical (unpaired) electrons. The number of halogens is 1. The van der Waals surface area contributed by atoms with E-state index in [9.17, 15) is 12.8 Å². The van der Waals surface area contributed by atoms with E-state index in [0.29, 0.717) is 18.8 Å².